The first-order valence-electron chi connectivity index (χ1n) is 6.00. The Kier molecular flexibility index (Phi) is 3.49. The second-order valence-corrected chi connectivity index (χ2v) is 5.46. The molecular formula is C15H13ClN2S. The van der Waals surface area contributed by atoms with Gasteiger partial charge in [-0.25, -0.2) is 0 Å². The van der Waals surface area contributed by atoms with E-state index in [9.17, 15) is 0 Å². The minimum Gasteiger partial charge on any atom is -0.321 e. The molecule has 2 nitrogen and oxygen atoms in total. The average molecular weight is 289 g/mol. The molecule has 0 amide bonds. The van der Waals surface area contributed by atoms with Crippen LogP contribution in [0.15, 0.2) is 53.5 Å². The highest BCUT2D eigenvalue weighted by Crippen LogP contribution is 2.34. The monoisotopic (exact) mass is 288 g/mol. The minimum atomic E-state index is 0.648. The number of para-hydroxylation sites is 1. The number of anilines is 2. The lowest BCUT2D eigenvalue weighted by Crippen LogP contribution is -2.24. The molecule has 0 radical (unpaired) electrons. The molecule has 0 fully saturated rings. The Morgan fingerprint density at radius 1 is 1.11 bits per heavy atom. The molecule has 1 aliphatic heterocycles. The minimum absolute atomic E-state index is 0.648. The maximum Gasteiger partial charge on any atom is 0.116 e. The smallest absolute Gasteiger partial charge is 0.116 e. The van der Waals surface area contributed by atoms with Crippen molar-refractivity contribution in [2.75, 3.05) is 17.8 Å². The average Bonchev–Trinajstić information content (AvgIpc) is 2.47. The number of fused-ring (bicyclic) bond motifs is 1. The molecule has 0 unspecified atom stereocenters. The number of hydrogen-bond acceptors (Lipinski definition) is 3. The maximum atomic E-state index is 5.95. The predicted octanol–water partition coefficient (Wildman–Crippen LogP) is 4.56. The molecule has 2 aromatic carbocycles. The van der Waals surface area contributed by atoms with Gasteiger partial charge in [-0.05, 0) is 36.6 Å². The van der Waals surface area contributed by atoms with Gasteiger partial charge >= 0.3 is 0 Å². The third-order valence-corrected chi connectivity index (χ3v) is 4.10. The third kappa shape index (κ3) is 2.36. The zero-order chi connectivity index (χ0) is 13.2. The second-order valence-electron chi connectivity index (χ2n) is 4.23. The van der Waals surface area contributed by atoms with Gasteiger partial charge in [-0.2, -0.15) is 0 Å². The molecule has 0 aromatic heterocycles. The highest BCUT2D eigenvalue weighted by molar-refractivity contribution is 8.13. The van der Waals surface area contributed by atoms with E-state index in [0.29, 0.717) is 6.67 Å². The van der Waals surface area contributed by atoms with E-state index < -0.39 is 0 Å². The van der Waals surface area contributed by atoms with Crippen molar-refractivity contribution in [3.63, 3.8) is 0 Å². The van der Waals surface area contributed by atoms with E-state index in [-0.39, 0.29) is 0 Å². The van der Waals surface area contributed by atoms with Crippen LogP contribution in [0, 0.1) is 0 Å². The van der Waals surface area contributed by atoms with Crippen LogP contribution in [-0.2, 0) is 0 Å². The van der Waals surface area contributed by atoms with Gasteiger partial charge in [0.25, 0.3) is 0 Å². The van der Waals surface area contributed by atoms with Gasteiger partial charge in [-0.3, -0.25) is 4.99 Å². The van der Waals surface area contributed by atoms with Crippen LogP contribution in [0.2, 0.25) is 5.02 Å². The summed E-state index contributed by atoms with van der Waals surface area (Å²) < 4.78 is 0. The molecule has 0 saturated heterocycles. The van der Waals surface area contributed by atoms with Gasteiger partial charge < -0.3 is 4.90 Å². The third-order valence-electron chi connectivity index (χ3n) is 3.11. The predicted molar refractivity (Wildman–Crippen MR) is 85.0 cm³/mol. The Bertz CT molecular complexity index is 622. The van der Waals surface area contributed by atoms with Crippen molar-refractivity contribution in [3.05, 3.63) is 59.1 Å². The Labute approximate surface area is 122 Å². The lowest BCUT2D eigenvalue weighted by atomic mass is 10.1. The number of aliphatic imine (C=N–C) groups is 1. The van der Waals surface area contributed by atoms with E-state index in [2.05, 4.69) is 40.4 Å². The lowest BCUT2D eigenvalue weighted by molar-refractivity contribution is 0.969. The van der Waals surface area contributed by atoms with E-state index in [1.54, 1.807) is 11.8 Å². The van der Waals surface area contributed by atoms with Crippen molar-refractivity contribution >= 4 is 39.8 Å². The summed E-state index contributed by atoms with van der Waals surface area (Å²) in [5, 5.41) is 1.85. The highest BCUT2D eigenvalue weighted by atomic mass is 35.5. The fourth-order valence-electron chi connectivity index (χ4n) is 2.20. The van der Waals surface area contributed by atoms with Gasteiger partial charge in [0, 0.05) is 16.3 Å². The Balaban J connectivity index is 2.06. The molecule has 19 heavy (non-hydrogen) atoms. The normalized spacial score (nSPS) is 14.0. The van der Waals surface area contributed by atoms with Crippen LogP contribution in [-0.4, -0.2) is 18.0 Å². The molecule has 0 atom stereocenters. The number of thioether (sulfide) groups is 1. The van der Waals surface area contributed by atoms with Crippen LogP contribution < -0.4 is 4.90 Å². The van der Waals surface area contributed by atoms with Crippen LogP contribution in [0.5, 0.6) is 0 Å². The summed E-state index contributed by atoms with van der Waals surface area (Å²) in [6.45, 7) is 0.648. The van der Waals surface area contributed by atoms with Crippen molar-refractivity contribution in [1.82, 2.24) is 0 Å². The van der Waals surface area contributed by atoms with Crippen LogP contribution in [0.1, 0.15) is 5.56 Å². The Morgan fingerprint density at radius 2 is 1.84 bits per heavy atom. The fourth-order valence-corrected chi connectivity index (χ4v) is 2.91. The summed E-state index contributed by atoms with van der Waals surface area (Å²) in [6, 6.07) is 16.2. The second kappa shape index (κ2) is 5.27. The summed E-state index contributed by atoms with van der Waals surface area (Å²) in [6.07, 6.45) is 2.06. The number of hydrogen-bond donors (Lipinski definition) is 0. The standard InChI is InChI=1S/C15H13ClN2S/c1-19-15-13-4-2-3-5-14(13)18(10-17-15)12-8-6-11(16)7-9-12/h2-9H,10H2,1H3. The van der Waals surface area contributed by atoms with Gasteiger partial charge in [-0.15, -0.1) is 11.8 Å². The number of nitrogens with zero attached hydrogens (tertiary/aromatic N) is 2. The van der Waals surface area contributed by atoms with Crippen LogP contribution in [0.4, 0.5) is 11.4 Å². The number of benzene rings is 2. The van der Waals surface area contributed by atoms with Crippen molar-refractivity contribution in [3.8, 4) is 0 Å². The molecule has 4 heteroatoms. The van der Waals surface area contributed by atoms with E-state index in [4.69, 9.17) is 11.6 Å². The van der Waals surface area contributed by atoms with Crippen molar-refractivity contribution in [2.24, 2.45) is 4.99 Å². The highest BCUT2D eigenvalue weighted by Gasteiger charge is 2.20. The Hall–Kier alpha value is -1.45. The number of rotatable bonds is 1. The summed E-state index contributed by atoms with van der Waals surface area (Å²) in [4.78, 5) is 6.84. The quantitative estimate of drug-likeness (QED) is 0.764. The molecule has 0 bridgehead atoms. The first-order chi connectivity index (χ1) is 9.29. The topological polar surface area (TPSA) is 15.6 Å². The van der Waals surface area contributed by atoms with Gasteiger partial charge in [0.05, 0.1) is 5.69 Å². The largest absolute Gasteiger partial charge is 0.321 e. The van der Waals surface area contributed by atoms with E-state index >= 15 is 0 Å². The van der Waals surface area contributed by atoms with Crippen molar-refractivity contribution < 1.29 is 0 Å². The zero-order valence-electron chi connectivity index (χ0n) is 10.5. The first-order valence-corrected chi connectivity index (χ1v) is 7.61. The maximum absolute atomic E-state index is 5.95. The van der Waals surface area contributed by atoms with Crippen molar-refractivity contribution in [2.45, 2.75) is 0 Å². The van der Waals surface area contributed by atoms with Crippen molar-refractivity contribution in [1.29, 1.82) is 0 Å². The Morgan fingerprint density at radius 3 is 2.58 bits per heavy atom. The molecule has 2 aromatic rings. The van der Waals surface area contributed by atoms with E-state index in [1.807, 2.05) is 24.3 Å². The SMILES string of the molecule is CSC1=NCN(c2ccc(Cl)cc2)c2ccccc21. The fraction of sp³-hybridized carbons (Fsp3) is 0.133. The summed E-state index contributed by atoms with van der Waals surface area (Å²) >= 11 is 7.64. The van der Waals surface area contributed by atoms with Gasteiger partial charge in [0.2, 0.25) is 0 Å². The molecule has 3 rings (SSSR count). The molecule has 1 aliphatic rings. The molecule has 0 N–H and O–H groups in total. The van der Waals surface area contributed by atoms with Crippen LogP contribution in [0.25, 0.3) is 0 Å². The van der Waals surface area contributed by atoms with Gasteiger partial charge in [0.1, 0.15) is 11.7 Å². The molecule has 0 aliphatic carbocycles. The summed E-state index contributed by atoms with van der Waals surface area (Å²) in [5.41, 5.74) is 3.50. The number of halogens is 1. The van der Waals surface area contributed by atoms with Gasteiger partial charge in [-0.1, -0.05) is 29.8 Å². The zero-order valence-corrected chi connectivity index (χ0v) is 12.1. The first kappa shape index (κ1) is 12.6. The molecule has 96 valence electrons. The van der Waals surface area contributed by atoms with Crippen LogP contribution >= 0.6 is 23.4 Å². The summed E-state index contributed by atoms with van der Waals surface area (Å²) in [7, 11) is 0. The molecule has 0 spiro atoms. The summed E-state index contributed by atoms with van der Waals surface area (Å²) in [5.74, 6) is 0. The molecule has 0 saturated carbocycles. The van der Waals surface area contributed by atoms with Gasteiger partial charge in [0.15, 0.2) is 0 Å². The van der Waals surface area contributed by atoms with E-state index in [0.717, 1.165) is 15.8 Å². The van der Waals surface area contributed by atoms with Crippen LogP contribution in [0.3, 0.4) is 0 Å². The molecule has 1 heterocycles. The lowest BCUT2D eigenvalue weighted by Gasteiger charge is -2.29. The molecular weight excluding hydrogens is 276 g/mol. The van der Waals surface area contributed by atoms with E-state index in [1.165, 1.54) is 11.3 Å².